The summed E-state index contributed by atoms with van der Waals surface area (Å²) in [7, 11) is 0. The van der Waals surface area contributed by atoms with E-state index in [-0.39, 0.29) is 0 Å². The number of nitrogens with zero attached hydrogens (tertiary/aromatic N) is 1. The summed E-state index contributed by atoms with van der Waals surface area (Å²) in [6.45, 7) is 6.61. The Bertz CT molecular complexity index is 422. The lowest BCUT2D eigenvalue weighted by molar-refractivity contribution is 0.186. The summed E-state index contributed by atoms with van der Waals surface area (Å²) in [5, 5.41) is 0. The minimum Gasteiger partial charge on any atom is -0.292 e. The molecular weight excluding hydrogens is 230 g/mol. The first kappa shape index (κ1) is 13.8. The lowest BCUT2D eigenvalue weighted by atomic mass is 10.1. The molecule has 0 saturated heterocycles. The number of hydrogen-bond donors (Lipinski definition) is 0. The molecule has 100 valence electrons. The first-order valence-electron chi connectivity index (χ1n) is 7.11. The fraction of sp³-hybridized carbons (Fsp3) is 0.333. The Kier molecular flexibility index (Phi) is 5.17. The molecule has 0 fully saturated rings. The van der Waals surface area contributed by atoms with Crippen LogP contribution in [0.1, 0.15) is 31.4 Å². The first-order valence-corrected chi connectivity index (χ1v) is 7.11. The molecule has 1 atom stereocenters. The number of benzene rings is 2. The van der Waals surface area contributed by atoms with Crippen LogP contribution in [0.5, 0.6) is 0 Å². The zero-order chi connectivity index (χ0) is 13.5. The molecule has 1 unspecified atom stereocenters. The van der Waals surface area contributed by atoms with Crippen molar-refractivity contribution in [1.29, 1.82) is 0 Å². The Morgan fingerprint density at radius 2 is 1.21 bits per heavy atom. The summed E-state index contributed by atoms with van der Waals surface area (Å²) in [5.74, 6) is 0. The van der Waals surface area contributed by atoms with Gasteiger partial charge in [0.2, 0.25) is 0 Å². The van der Waals surface area contributed by atoms with Gasteiger partial charge in [-0.25, -0.2) is 0 Å². The van der Waals surface area contributed by atoms with Gasteiger partial charge in [0, 0.05) is 19.1 Å². The van der Waals surface area contributed by atoms with E-state index in [2.05, 4.69) is 79.4 Å². The van der Waals surface area contributed by atoms with Crippen LogP contribution in [0.4, 0.5) is 0 Å². The molecule has 0 heterocycles. The second-order valence-electron chi connectivity index (χ2n) is 5.13. The Morgan fingerprint density at radius 1 is 0.789 bits per heavy atom. The Labute approximate surface area is 116 Å². The minimum absolute atomic E-state index is 0.598. The van der Waals surface area contributed by atoms with Crippen LogP contribution in [-0.2, 0) is 13.1 Å². The number of hydrogen-bond acceptors (Lipinski definition) is 1. The molecule has 0 bridgehead atoms. The molecule has 0 spiro atoms. The smallest absolute Gasteiger partial charge is 0.0240 e. The van der Waals surface area contributed by atoms with Gasteiger partial charge in [-0.15, -0.1) is 0 Å². The van der Waals surface area contributed by atoms with Gasteiger partial charge < -0.3 is 0 Å². The summed E-state index contributed by atoms with van der Waals surface area (Å²) in [5.41, 5.74) is 2.78. The molecule has 0 aliphatic carbocycles. The third-order valence-corrected chi connectivity index (χ3v) is 3.67. The van der Waals surface area contributed by atoms with Crippen LogP contribution in [0.2, 0.25) is 0 Å². The van der Waals surface area contributed by atoms with Gasteiger partial charge in [-0.2, -0.15) is 0 Å². The van der Waals surface area contributed by atoms with Crippen molar-refractivity contribution in [2.75, 3.05) is 0 Å². The van der Waals surface area contributed by atoms with E-state index >= 15 is 0 Å². The molecule has 1 nitrogen and oxygen atoms in total. The fourth-order valence-corrected chi connectivity index (χ4v) is 2.26. The maximum Gasteiger partial charge on any atom is 0.0240 e. The summed E-state index contributed by atoms with van der Waals surface area (Å²) in [4.78, 5) is 2.55. The van der Waals surface area contributed by atoms with E-state index in [9.17, 15) is 0 Å². The van der Waals surface area contributed by atoms with E-state index in [0.717, 1.165) is 13.1 Å². The van der Waals surface area contributed by atoms with Crippen LogP contribution < -0.4 is 0 Å². The van der Waals surface area contributed by atoms with Crippen molar-refractivity contribution in [2.45, 2.75) is 39.4 Å². The van der Waals surface area contributed by atoms with Crippen LogP contribution in [0, 0.1) is 0 Å². The lowest BCUT2D eigenvalue weighted by Gasteiger charge is -2.28. The molecule has 0 N–H and O–H groups in total. The molecule has 0 amide bonds. The average molecular weight is 253 g/mol. The lowest BCUT2D eigenvalue weighted by Crippen LogP contribution is -2.31. The molecule has 1 heteroatoms. The summed E-state index contributed by atoms with van der Waals surface area (Å²) >= 11 is 0. The summed E-state index contributed by atoms with van der Waals surface area (Å²) in [6, 6.07) is 22.1. The van der Waals surface area contributed by atoms with Crippen LogP contribution in [-0.4, -0.2) is 10.9 Å². The van der Waals surface area contributed by atoms with Gasteiger partial charge in [-0.3, -0.25) is 4.90 Å². The second kappa shape index (κ2) is 7.10. The first-order chi connectivity index (χ1) is 9.29. The molecule has 0 aliphatic rings. The molecule has 0 aromatic heterocycles. The SMILES string of the molecule is CCC(C)N(Cc1ccccc1)Cc1ccccc1. The summed E-state index contributed by atoms with van der Waals surface area (Å²) in [6.07, 6.45) is 1.18. The Balaban J connectivity index is 2.08. The van der Waals surface area contributed by atoms with Gasteiger partial charge in [0.1, 0.15) is 0 Å². The Hall–Kier alpha value is -1.60. The van der Waals surface area contributed by atoms with Gasteiger partial charge in [-0.1, -0.05) is 67.6 Å². The van der Waals surface area contributed by atoms with E-state index in [1.165, 1.54) is 17.5 Å². The van der Waals surface area contributed by atoms with Crippen molar-refractivity contribution in [3.8, 4) is 0 Å². The van der Waals surface area contributed by atoms with Crippen molar-refractivity contribution < 1.29 is 0 Å². The highest BCUT2D eigenvalue weighted by Crippen LogP contribution is 2.14. The predicted octanol–water partition coefficient (Wildman–Crippen LogP) is 4.49. The van der Waals surface area contributed by atoms with E-state index in [0.29, 0.717) is 6.04 Å². The van der Waals surface area contributed by atoms with Gasteiger partial charge in [-0.05, 0) is 24.5 Å². The van der Waals surface area contributed by atoms with Crippen LogP contribution in [0.15, 0.2) is 60.7 Å². The van der Waals surface area contributed by atoms with Crippen molar-refractivity contribution in [3.63, 3.8) is 0 Å². The molecular formula is C18H23N. The van der Waals surface area contributed by atoms with Crippen molar-refractivity contribution in [1.82, 2.24) is 4.90 Å². The van der Waals surface area contributed by atoms with E-state index in [1.807, 2.05) is 0 Å². The molecule has 2 aromatic rings. The fourth-order valence-electron chi connectivity index (χ4n) is 2.26. The predicted molar refractivity (Wildman–Crippen MR) is 81.9 cm³/mol. The van der Waals surface area contributed by atoms with E-state index in [1.54, 1.807) is 0 Å². The molecule has 0 radical (unpaired) electrons. The second-order valence-corrected chi connectivity index (χ2v) is 5.13. The van der Waals surface area contributed by atoms with Crippen molar-refractivity contribution in [3.05, 3.63) is 71.8 Å². The third-order valence-electron chi connectivity index (χ3n) is 3.67. The third kappa shape index (κ3) is 4.22. The van der Waals surface area contributed by atoms with Crippen LogP contribution in [0.25, 0.3) is 0 Å². The van der Waals surface area contributed by atoms with E-state index < -0.39 is 0 Å². The maximum atomic E-state index is 2.55. The van der Waals surface area contributed by atoms with Crippen LogP contribution in [0.3, 0.4) is 0 Å². The quantitative estimate of drug-likeness (QED) is 0.733. The minimum atomic E-state index is 0.598. The molecule has 2 rings (SSSR count). The zero-order valence-electron chi connectivity index (χ0n) is 11.9. The highest BCUT2D eigenvalue weighted by atomic mass is 15.1. The standard InChI is InChI=1S/C18H23N/c1-3-16(2)19(14-17-10-6-4-7-11-17)15-18-12-8-5-9-13-18/h4-13,16H,3,14-15H2,1-2H3. The van der Waals surface area contributed by atoms with Gasteiger partial charge >= 0.3 is 0 Å². The molecule has 0 saturated carbocycles. The van der Waals surface area contributed by atoms with Crippen LogP contribution >= 0.6 is 0 Å². The van der Waals surface area contributed by atoms with Crippen molar-refractivity contribution >= 4 is 0 Å². The molecule has 19 heavy (non-hydrogen) atoms. The zero-order valence-corrected chi connectivity index (χ0v) is 11.9. The van der Waals surface area contributed by atoms with Gasteiger partial charge in [0.25, 0.3) is 0 Å². The summed E-state index contributed by atoms with van der Waals surface area (Å²) < 4.78 is 0. The number of rotatable bonds is 6. The largest absolute Gasteiger partial charge is 0.292 e. The van der Waals surface area contributed by atoms with E-state index in [4.69, 9.17) is 0 Å². The monoisotopic (exact) mass is 253 g/mol. The topological polar surface area (TPSA) is 3.24 Å². The van der Waals surface area contributed by atoms with Crippen molar-refractivity contribution in [2.24, 2.45) is 0 Å². The molecule has 2 aromatic carbocycles. The van der Waals surface area contributed by atoms with Gasteiger partial charge in [0.05, 0.1) is 0 Å². The average Bonchev–Trinajstić information content (AvgIpc) is 2.48. The Morgan fingerprint density at radius 3 is 1.58 bits per heavy atom. The highest BCUT2D eigenvalue weighted by molar-refractivity contribution is 5.17. The van der Waals surface area contributed by atoms with Gasteiger partial charge in [0.15, 0.2) is 0 Å². The molecule has 0 aliphatic heterocycles. The normalized spacial score (nSPS) is 12.6. The highest BCUT2D eigenvalue weighted by Gasteiger charge is 2.12. The maximum absolute atomic E-state index is 2.55.